The molecule has 0 radical (unpaired) electrons. The molecule has 1 saturated heterocycles. The summed E-state index contributed by atoms with van der Waals surface area (Å²) < 4.78 is 14.1. The van der Waals surface area contributed by atoms with Crippen molar-refractivity contribution in [3.05, 3.63) is 35.1 Å². The first-order valence-electron chi connectivity index (χ1n) is 7.14. The highest BCUT2D eigenvalue weighted by Gasteiger charge is 2.27. The number of halogens is 1. The zero-order valence-electron chi connectivity index (χ0n) is 12.5. The van der Waals surface area contributed by atoms with Gasteiger partial charge in [-0.05, 0) is 24.3 Å². The number of hydrogen-bond acceptors (Lipinski definition) is 2. The lowest BCUT2D eigenvalue weighted by atomic mass is 9.85. The molecule has 5 heteroatoms. The van der Waals surface area contributed by atoms with Crippen LogP contribution in [0.1, 0.15) is 44.2 Å². The molecule has 1 aliphatic heterocycles. The Bertz CT molecular complexity index is 571. The Labute approximate surface area is 130 Å². The van der Waals surface area contributed by atoms with Crippen molar-refractivity contribution in [1.29, 1.82) is 0 Å². The van der Waals surface area contributed by atoms with Gasteiger partial charge in [-0.2, -0.15) is 0 Å². The van der Waals surface area contributed by atoms with Crippen LogP contribution in [-0.4, -0.2) is 22.3 Å². The lowest BCUT2D eigenvalue weighted by molar-refractivity contribution is -0.131. The lowest BCUT2D eigenvalue weighted by Gasteiger charge is -2.23. The number of hydrogen-bond donors (Lipinski definition) is 1. The second kappa shape index (κ2) is 6.10. The van der Waals surface area contributed by atoms with E-state index in [9.17, 15) is 9.18 Å². The molecule has 3 nitrogen and oxygen atoms in total. The molecule has 0 aromatic heterocycles. The molecule has 1 heterocycles. The maximum atomic E-state index is 14.1. The summed E-state index contributed by atoms with van der Waals surface area (Å²) in [6.45, 7) is 5.31. The molecule has 2 rings (SSSR count). The zero-order chi connectivity index (χ0) is 15.6. The predicted octanol–water partition coefficient (Wildman–Crippen LogP) is 3.00. The molecule has 0 spiro atoms. The molecule has 114 valence electrons. The summed E-state index contributed by atoms with van der Waals surface area (Å²) in [5.74, 6) is -0.269. The molecule has 1 amide bonds. The molecule has 1 aromatic carbocycles. The molecule has 1 aliphatic rings. The third-order valence-corrected chi connectivity index (χ3v) is 4.36. The average Bonchev–Trinajstić information content (AvgIpc) is 2.53. The van der Waals surface area contributed by atoms with Gasteiger partial charge in [-0.25, -0.2) is 4.39 Å². The molecular weight excluding hydrogens is 287 g/mol. The van der Waals surface area contributed by atoms with Crippen LogP contribution in [0.15, 0.2) is 18.2 Å². The molecule has 0 saturated carbocycles. The van der Waals surface area contributed by atoms with Crippen LogP contribution < -0.4 is 5.73 Å². The molecular formula is C16H21FN2OS. The van der Waals surface area contributed by atoms with E-state index < -0.39 is 0 Å². The third kappa shape index (κ3) is 4.00. The Kier molecular flexibility index (Phi) is 4.61. The fraction of sp³-hybridized carbons (Fsp3) is 0.500. The highest BCUT2D eigenvalue weighted by molar-refractivity contribution is 7.80. The highest BCUT2D eigenvalue weighted by Crippen LogP contribution is 2.31. The summed E-state index contributed by atoms with van der Waals surface area (Å²) in [5, 5.41) is 0. The van der Waals surface area contributed by atoms with Gasteiger partial charge in [-0.1, -0.05) is 38.2 Å². The molecule has 1 aromatic rings. The maximum absolute atomic E-state index is 14.1. The Morgan fingerprint density at radius 1 is 1.43 bits per heavy atom. The number of benzene rings is 1. The van der Waals surface area contributed by atoms with Crippen LogP contribution in [0.3, 0.4) is 0 Å². The molecule has 1 fully saturated rings. The third-order valence-electron chi connectivity index (χ3n) is 4.13. The Morgan fingerprint density at radius 3 is 2.76 bits per heavy atom. The van der Waals surface area contributed by atoms with E-state index in [0.29, 0.717) is 30.6 Å². The number of amides is 1. The smallest absolute Gasteiger partial charge is 0.222 e. The van der Waals surface area contributed by atoms with Gasteiger partial charge < -0.3 is 10.6 Å². The van der Waals surface area contributed by atoms with Crippen LogP contribution in [-0.2, 0) is 11.3 Å². The summed E-state index contributed by atoms with van der Waals surface area (Å²) in [4.78, 5) is 14.1. The van der Waals surface area contributed by atoms with Gasteiger partial charge >= 0.3 is 0 Å². The first-order valence-corrected chi connectivity index (χ1v) is 7.55. The number of rotatable bonds is 3. The topological polar surface area (TPSA) is 46.3 Å². The van der Waals surface area contributed by atoms with E-state index in [4.69, 9.17) is 18.0 Å². The van der Waals surface area contributed by atoms with Crippen LogP contribution in [0.25, 0.3) is 0 Å². The van der Waals surface area contributed by atoms with Gasteiger partial charge in [-0.3, -0.25) is 4.79 Å². The van der Waals surface area contributed by atoms with E-state index in [-0.39, 0.29) is 22.1 Å². The largest absolute Gasteiger partial charge is 0.389 e. The fourth-order valence-corrected chi connectivity index (χ4v) is 2.62. The first-order chi connectivity index (χ1) is 9.78. The van der Waals surface area contributed by atoms with Crippen molar-refractivity contribution < 1.29 is 9.18 Å². The molecule has 0 unspecified atom stereocenters. The van der Waals surface area contributed by atoms with Gasteiger partial charge in [0.25, 0.3) is 0 Å². The van der Waals surface area contributed by atoms with Crippen molar-refractivity contribution in [1.82, 2.24) is 4.90 Å². The van der Waals surface area contributed by atoms with E-state index in [1.54, 1.807) is 17.0 Å². The maximum Gasteiger partial charge on any atom is 0.222 e. The van der Waals surface area contributed by atoms with Crippen LogP contribution >= 0.6 is 12.2 Å². The Morgan fingerprint density at radius 2 is 2.14 bits per heavy atom. The number of thiocarbonyl (C=S) groups is 1. The number of nitrogens with two attached hydrogens (primary N) is 1. The fourth-order valence-electron chi connectivity index (χ4n) is 2.49. The van der Waals surface area contributed by atoms with Crippen LogP contribution in [0, 0.1) is 11.2 Å². The van der Waals surface area contributed by atoms with Crippen molar-refractivity contribution in [2.24, 2.45) is 11.1 Å². The van der Waals surface area contributed by atoms with Crippen molar-refractivity contribution >= 4 is 23.1 Å². The second-order valence-corrected chi connectivity index (χ2v) is 6.84. The van der Waals surface area contributed by atoms with E-state index in [2.05, 4.69) is 13.8 Å². The summed E-state index contributed by atoms with van der Waals surface area (Å²) in [5.41, 5.74) is 6.67. The highest BCUT2D eigenvalue weighted by atomic mass is 32.1. The van der Waals surface area contributed by atoms with E-state index in [1.807, 2.05) is 0 Å². The zero-order valence-corrected chi connectivity index (χ0v) is 13.3. The van der Waals surface area contributed by atoms with Crippen molar-refractivity contribution in [3.63, 3.8) is 0 Å². The van der Waals surface area contributed by atoms with E-state index >= 15 is 0 Å². The summed E-state index contributed by atoms with van der Waals surface area (Å²) in [6.07, 6.45) is 2.34. The SMILES string of the molecule is CC1(C)CCC(=O)N(Cc2ccc(C(N)=S)cc2F)CC1. The quantitative estimate of drug-likeness (QED) is 0.873. The normalized spacial score (nSPS) is 18.4. The minimum atomic E-state index is -0.364. The second-order valence-electron chi connectivity index (χ2n) is 6.40. The Hall–Kier alpha value is -1.49. The van der Waals surface area contributed by atoms with Crippen LogP contribution in [0.5, 0.6) is 0 Å². The van der Waals surface area contributed by atoms with Crippen molar-refractivity contribution in [3.8, 4) is 0 Å². The first kappa shape index (κ1) is 15.9. The standard InChI is InChI=1S/C16H21FN2OS/c1-16(2)6-5-14(20)19(8-7-16)10-12-4-3-11(15(18)21)9-13(12)17/h3-4,9H,5-8,10H2,1-2H3,(H2,18,21). The molecule has 0 bridgehead atoms. The van der Waals surface area contributed by atoms with E-state index in [1.165, 1.54) is 6.07 Å². The number of nitrogens with zero attached hydrogens (tertiary/aromatic N) is 1. The molecule has 0 atom stereocenters. The van der Waals surface area contributed by atoms with Crippen molar-refractivity contribution in [2.75, 3.05) is 6.54 Å². The average molecular weight is 308 g/mol. The van der Waals surface area contributed by atoms with Gasteiger partial charge in [0, 0.05) is 30.6 Å². The minimum absolute atomic E-state index is 0.0957. The number of likely N-dealkylation sites (tertiary alicyclic amines) is 1. The van der Waals surface area contributed by atoms with E-state index in [0.717, 1.165) is 12.8 Å². The lowest BCUT2D eigenvalue weighted by Crippen LogP contribution is -2.30. The van der Waals surface area contributed by atoms with Crippen LogP contribution in [0.2, 0.25) is 0 Å². The number of carbonyl (C=O) groups is 1. The summed E-state index contributed by atoms with van der Waals surface area (Å²) in [6, 6.07) is 4.70. The van der Waals surface area contributed by atoms with Crippen molar-refractivity contribution in [2.45, 2.75) is 39.7 Å². The van der Waals surface area contributed by atoms with Gasteiger partial charge in [0.05, 0.1) is 0 Å². The van der Waals surface area contributed by atoms with Gasteiger partial charge in [-0.15, -0.1) is 0 Å². The molecule has 0 aliphatic carbocycles. The Balaban J connectivity index is 2.14. The summed E-state index contributed by atoms with van der Waals surface area (Å²) in [7, 11) is 0. The molecule has 21 heavy (non-hydrogen) atoms. The minimum Gasteiger partial charge on any atom is -0.389 e. The number of carbonyl (C=O) groups excluding carboxylic acids is 1. The van der Waals surface area contributed by atoms with Crippen LogP contribution in [0.4, 0.5) is 4.39 Å². The predicted molar refractivity (Wildman–Crippen MR) is 85.3 cm³/mol. The summed E-state index contributed by atoms with van der Waals surface area (Å²) >= 11 is 4.83. The van der Waals surface area contributed by atoms with Gasteiger partial charge in [0.15, 0.2) is 0 Å². The van der Waals surface area contributed by atoms with Gasteiger partial charge in [0.2, 0.25) is 5.91 Å². The molecule has 2 N–H and O–H groups in total. The monoisotopic (exact) mass is 308 g/mol. The van der Waals surface area contributed by atoms with Gasteiger partial charge in [0.1, 0.15) is 10.8 Å².